The Morgan fingerprint density at radius 1 is 1.47 bits per heavy atom. The van der Waals surface area contributed by atoms with E-state index in [4.69, 9.17) is 5.73 Å². The molecule has 2 aromatic rings. The fraction of sp³-hybridized carbons (Fsp3) is 0.200. The number of aryl methyl sites for hydroxylation is 1. The molecule has 19 heavy (non-hydrogen) atoms. The van der Waals surface area contributed by atoms with E-state index in [0.717, 1.165) is 0 Å². The summed E-state index contributed by atoms with van der Waals surface area (Å²) in [4.78, 5) is 3.72. The number of rotatable bonds is 4. The van der Waals surface area contributed by atoms with Crippen LogP contribution < -0.4 is 10.5 Å². The highest BCUT2D eigenvalue weighted by atomic mass is 79.9. The smallest absolute Gasteiger partial charge is 0.265 e. The Hall–Kier alpha value is -1.61. The summed E-state index contributed by atoms with van der Waals surface area (Å²) in [6.07, 6.45) is 4.46. The topological polar surface area (TPSA) is 103 Å². The van der Waals surface area contributed by atoms with Crippen molar-refractivity contribution in [3.05, 3.63) is 29.1 Å². The van der Waals surface area contributed by atoms with Gasteiger partial charge in [-0.3, -0.25) is 9.40 Å². The third-order valence-electron chi connectivity index (χ3n) is 2.35. The molecule has 0 aliphatic rings. The lowest BCUT2D eigenvalue weighted by Gasteiger charge is -2.08. The van der Waals surface area contributed by atoms with E-state index in [1.807, 2.05) is 6.92 Å². The van der Waals surface area contributed by atoms with Crippen LogP contribution in [0.1, 0.15) is 6.92 Å². The molecule has 0 radical (unpaired) electrons. The van der Waals surface area contributed by atoms with Crippen LogP contribution in [0.25, 0.3) is 0 Å². The van der Waals surface area contributed by atoms with Crippen LogP contribution >= 0.6 is 15.9 Å². The number of nitrogens with one attached hydrogen (secondary N) is 1. The zero-order chi connectivity index (χ0) is 14.0. The molecule has 2 rings (SSSR count). The van der Waals surface area contributed by atoms with E-state index < -0.39 is 10.0 Å². The van der Waals surface area contributed by atoms with Gasteiger partial charge in [-0.15, -0.1) is 0 Å². The molecule has 0 aliphatic heterocycles. The molecule has 0 bridgehead atoms. The van der Waals surface area contributed by atoms with Gasteiger partial charge in [0, 0.05) is 23.4 Å². The third kappa shape index (κ3) is 3.04. The molecule has 3 N–H and O–H groups in total. The number of aromatic nitrogens is 3. The number of hydrogen-bond donors (Lipinski definition) is 2. The molecule has 0 atom stereocenters. The molecular formula is C10H12BrN5O2S. The van der Waals surface area contributed by atoms with Gasteiger partial charge in [0.2, 0.25) is 0 Å². The average molecular weight is 346 g/mol. The number of sulfonamides is 1. The highest BCUT2D eigenvalue weighted by Gasteiger charge is 2.19. The van der Waals surface area contributed by atoms with Crippen molar-refractivity contribution in [2.45, 2.75) is 18.4 Å². The Balaban J connectivity index is 2.34. The molecule has 2 aromatic heterocycles. The maximum Gasteiger partial charge on any atom is 0.265 e. The number of nitrogen functional groups attached to an aromatic ring is 1. The summed E-state index contributed by atoms with van der Waals surface area (Å²) in [7, 11) is -3.78. The van der Waals surface area contributed by atoms with Crippen LogP contribution in [-0.4, -0.2) is 23.2 Å². The van der Waals surface area contributed by atoms with Crippen LogP contribution in [0, 0.1) is 0 Å². The molecule has 102 valence electrons. The van der Waals surface area contributed by atoms with Crippen LogP contribution in [0.3, 0.4) is 0 Å². The van der Waals surface area contributed by atoms with E-state index in [1.165, 1.54) is 18.5 Å². The molecule has 0 fully saturated rings. The Morgan fingerprint density at radius 2 is 2.21 bits per heavy atom. The van der Waals surface area contributed by atoms with Gasteiger partial charge in [-0.05, 0) is 28.9 Å². The normalized spacial score (nSPS) is 11.5. The quantitative estimate of drug-likeness (QED) is 0.872. The maximum atomic E-state index is 12.2. The van der Waals surface area contributed by atoms with Gasteiger partial charge in [0.05, 0.1) is 11.9 Å². The van der Waals surface area contributed by atoms with E-state index in [9.17, 15) is 8.42 Å². The monoisotopic (exact) mass is 345 g/mol. The van der Waals surface area contributed by atoms with Crippen LogP contribution in [0.2, 0.25) is 0 Å². The highest BCUT2D eigenvalue weighted by molar-refractivity contribution is 9.10. The van der Waals surface area contributed by atoms with Crippen LogP contribution in [-0.2, 0) is 16.6 Å². The molecular weight excluding hydrogens is 334 g/mol. The summed E-state index contributed by atoms with van der Waals surface area (Å²) in [6, 6.07) is 1.40. The van der Waals surface area contributed by atoms with Gasteiger partial charge in [0.1, 0.15) is 10.7 Å². The minimum atomic E-state index is -3.78. The molecule has 0 saturated heterocycles. The van der Waals surface area contributed by atoms with Gasteiger partial charge in [-0.1, -0.05) is 0 Å². The molecule has 2 heterocycles. The molecule has 0 saturated carbocycles. The Labute approximate surface area is 119 Å². The van der Waals surface area contributed by atoms with Crippen LogP contribution in [0.4, 0.5) is 11.5 Å². The van der Waals surface area contributed by atoms with E-state index in [1.54, 1.807) is 10.9 Å². The number of nitrogens with two attached hydrogens (primary N) is 1. The van der Waals surface area contributed by atoms with Crippen molar-refractivity contribution in [3.63, 3.8) is 0 Å². The maximum absolute atomic E-state index is 12.2. The van der Waals surface area contributed by atoms with Crippen molar-refractivity contribution >= 4 is 37.5 Å². The van der Waals surface area contributed by atoms with Gasteiger partial charge >= 0.3 is 0 Å². The van der Waals surface area contributed by atoms with Gasteiger partial charge in [-0.2, -0.15) is 5.10 Å². The minimum Gasteiger partial charge on any atom is -0.383 e. The number of pyridine rings is 1. The molecule has 0 spiro atoms. The first-order valence-electron chi connectivity index (χ1n) is 5.38. The fourth-order valence-electron chi connectivity index (χ4n) is 1.45. The zero-order valence-electron chi connectivity index (χ0n) is 10.0. The van der Waals surface area contributed by atoms with Crippen molar-refractivity contribution in [3.8, 4) is 0 Å². The van der Waals surface area contributed by atoms with Crippen molar-refractivity contribution in [2.75, 3.05) is 10.5 Å². The Morgan fingerprint density at radius 3 is 2.84 bits per heavy atom. The average Bonchev–Trinajstić information content (AvgIpc) is 2.79. The summed E-state index contributed by atoms with van der Waals surface area (Å²) in [5.41, 5.74) is 5.96. The Bertz CT molecular complexity index is 698. The molecule has 0 amide bonds. The summed E-state index contributed by atoms with van der Waals surface area (Å²) in [5.74, 6) is -0.0569. The lowest BCUT2D eigenvalue weighted by atomic mass is 10.5. The number of hydrogen-bond acceptors (Lipinski definition) is 5. The molecule has 0 aromatic carbocycles. The van der Waals surface area contributed by atoms with Crippen molar-refractivity contribution < 1.29 is 8.42 Å². The van der Waals surface area contributed by atoms with E-state index >= 15 is 0 Å². The molecule has 0 aliphatic carbocycles. The molecule has 7 nitrogen and oxygen atoms in total. The van der Waals surface area contributed by atoms with Crippen LogP contribution in [0.5, 0.6) is 0 Å². The highest BCUT2D eigenvalue weighted by Crippen LogP contribution is 2.22. The molecule has 9 heteroatoms. The van der Waals surface area contributed by atoms with Crippen molar-refractivity contribution in [1.82, 2.24) is 14.8 Å². The van der Waals surface area contributed by atoms with Crippen LogP contribution in [0.15, 0.2) is 34.0 Å². The number of anilines is 2. The summed E-state index contributed by atoms with van der Waals surface area (Å²) >= 11 is 3.16. The van der Waals surface area contributed by atoms with Gasteiger partial charge in [-0.25, -0.2) is 13.4 Å². The number of halogens is 1. The van der Waals surface area contributed by atoms with Crippen molar-refractivity contribution in [1.29, 1.82) is 0 Å². The second-order valence-corrected chi connectivity index (χ2v) is 6.29. The minimum absolute atomic E-state index is 0.0569. The predicted octanol–water partition coefficient (Wildman–Crippen LogP) is 1.44. The SMILES string of the molecule is CCn1cc(NS(=O)(=O)c2cc(Br)cnc2N)cn1. The summed E-state index contributed by atoms with van der Waals surface area (Å²) in [6.45, 7) is 2.56. The number of nitrogens with zero attached hydrogens (tertiary/aromatic N) is 3. The third-order valence-corrected chi connectivity index (χ3v) is 4.19. The standard InChI is InChI=1S/C10H12BrN5O2S/c1-2-16-6-8(5-14-16)15-19(17,18)9-3-7(11)4-13-10(9)12/h3-6,15H,2H2,1H3,(H2,12,13). The Kier molecular flexibility index (Phi) is 3.76. The summed E-state index contributed by atoms with van der Waals surface area (Å²) in [5, 5.41) is 3.99. The fourth-order valence-corrected chi connectivity index (χ4v) is 3.06. The first-order chi connectivity index (χ1) is 8.92. The second-order valence-electron chi connectivity index (χ2n) is 3.73. The summed E-state index contributed by atoms with van der Waals surface area (Å²) < 4.78 is 28.9. The van der Waals surface area contributed by atoms with Crippen molar-refractivity contribution in [2.24, 2.45) is 0 Å². The van der Waals surface area contributed by atoms with Gasteiger partial charge in [0.15, 0.2) is 0 Å². The molecule has 0 unspecified atom stereocenters. The van der Waals surface area contributed by atoms with E-state index in [0.29, 0.717) is 16.7 Å². The first-order valence-corrected chi connectivity index (χ1v) is 7.66. The second kappa shape index (κ2) is 5.17. The lowest BCUT2D eigenvalue weighted by molar-refractivity contribution is 0.601. The van der Waals surface area contributed by atoms with Gasteiger partial charge < -0.3 is 5.73 Å². The van der Waals surface area contributed by atoms with E-state index in [2.05, 4.69) is 30.7 Å². The van der Waals surface area contributed by atoms with Gasteiger partial charge in [0.25, 0.3) is 10.0 Å². The van der Waals surface area contributed by atoms with E-state index in [-0.39, 0.29) is 10.7 Å². The first kappa shape index (κ1) is 13.8. The largest absolute Gasteiger partial charge is 0.383 e. The zero-order valence-corrected chi connectivity index (χ0v) is 12.4. The lowest BCUT2D eigenvalue weighted by Crippen LogP contribution is -2.15. The predicted molar refractivity (Wildman–Crippen MR) is 75.1 cm³/mol.